The Labute approximate surface area is 134 Å². The lowest BCUT2D eigenvalue weighted by Crippen LogP contribution is -2.39. The highest BCUT2D eigenvalue weighted by Gasteiger charge is 2.26. The van der Waals surface area contributed by atoms with E-state index in [2.05, 4.69) is 4.98 Å². The molecule has 120 valence electrons. The Bertz CT molecular complexity index is 785. The summed E-state index contributed by atoms with van der Waals surface area (Å²) in [5.74, 6) is 0.603. The molecule has 0 saturated carbocycles. The Morgan fingerprint density at radius 1 is 1.35 bits per heavy atom. The van der Waals surface area contributed by atoms with E-state index in [1.165, 1.54) is 0 Å². The number of nitrogens with zero attached hydrogens (tertiary/aromatic N) is 1. The number of rotatable bonds is 3. The molecule has 1 aliphatic heterocycles. The van der Waals surface area contributed by atoms with Crippen LogP contribution in [0.15, 0.2) is 35.1 Å². The van der Waals surface area contributed by atoms with Gasteiger partial charge in [-0.25, -0.2) is 0 Å². The molecule has 2 heterocycles. The molecule has 5 heteroatoms. The molecule has 0 saturated heterocycles. The third kappa shape index (κ3) is 2.99. The Hall–Kier alpha value is -2.56. The fraction of sp³-hybridized carbons (Fsp3) is 0.333. The summed E-state index contributed by atoms with van der Waals surface area (Å²) in [5.41, 5.74) is 2.46. The molecular formula is C18H20N2O3. The minimum atomic E-state index is -0.338. The number of aryl methyl sites for hydroxylation is 2. The van der Waals surface area contributed by atoms with Gasteiger partial charge in [0.05, 0.1) is 6.54 Å². The fourth-order valence-corrected chi connectivity index (χ4v) is 3.05. The van der Waals surface area contributed by atoms with Crippen LogP contribution in [0.4, 0.5) is 0 Å². The van der Waals surface area contributed by atoms with Gasteiger partial charge in [-0.1, -0.05) is 18.2 Å². The van der Waals surface area contributed by atoms with Gasteiger partial charge in [-0.15, -0.1) is 0 Å². The molecule has 0 radical (unpaired) electrons. The van der Waals surface area contributed by atoms with Crippen molar-refractivity contribution in [1.29, 1.82) is 0 Å². The van der Waals surface area contributed by atoms with E-state index in [4.69, 9.17) is 4.74 Å². The predicted molar refractivity (Wildman–Crippen MR) is 88.1 cm³/mol. The van der Waals surface area contributed by atoms with E-state index in [-0.39, 0.29) is 23.1 Å². The average molecular weight is 312 g/mol. The number of para-hydroxylation sites is 1. The van der Waals surface area contributed by atoms with Crippen LogP contribution in [0, 0.1) is 13.8 Å². The number of benzene rings is 1. The monoisotopic (exact) mass is 312 g/mol. The molecule has 1 N–H and O–H groups in total. The van der Waals surface area contributed by atoms with Crippen LogP contribution in [0.5, 0.6) is 5.75 Å². The highest BCUT2D eigenvalue weighted by Crippen LogP contribution is 2.28. The highest BCUT2D eigenvalue weighted by atomic mass is 16.5. The van der Waals surface area contributed by atoms with Crippen molar-refractivity contribution in [2.24, 2.45) is 0 Å². The molecule has 1 amide bonds. The van der Waals surface area contributed by atoms with Crippen LogP contribution in [-0.4, -0.2) is 35.5 Å². The van der Waals surface area contributed by atoms with Gasteiger partial charge in [0.2, 0.25) is 0 Å². The number of amides is 1. The van der Waals surface area contributed by atoms with Crippen molar-refractivity contribution in [2.75, 3.05) is 13.6 Å². The minimum Gasteiger partial charge on any atom is -0.488 e. The number of carbonyl (C=O) groups is 1. The summed E-state index contributed by atoms with van der Waals surface area (Å²) in [6.07, 6.45) is 0.697. The van der Waals surface area contributed by atoms with Crippen molar-refractivity contribution >= 4 is 5.91 Å². The van der Waals surface area contributed by atoms with Crippen molar-refractivity contribution < 1.29 is 9.53 Å². The Morgan fingerprint density at radius 2 is 2.09 bits per heavy atom. The van der Waals surface area contributed by atoms with E-state index in [9.17, 15) is 9.59 Å². The third-order valence-electron chi connectivity index (χ3n) is 4.12. The number of H-pyrrole nitrogens is 1. The minimum absolute atomic E-state index is 0.0776. The number of hydrogen-bond acceptors (Lipinski definition) is 3. The lowest BCUT2D eigenvalue weighted by Gasteiger charge is -2.21. The van der Waals surface area contributed by atoms with E-state index in [0.29, 0.717) is 12.1 Å². The molecule has 0 unspecified atom stereocenters. The summed E-state index contributed by atoms with van der Waals surface area (Å²) in [6.45, 7) is 4.03. The number of aromatic amines is 1. The summed E-state index contributed by atoms with van der Waals surface area (Å²) in [7, 11) is 1.70. The maximum absolute atomic E-state index is 12.6. The third-order valence-corrected chi connectivity index (χ3v) is 4.12. The topological polar surface area (TPSA) is 62.4 Å². The van der Waals surface area contributed by atoms with Gasteiger partial charge in [0.25, 0.3) is 11.5 Å². The van der Waals surface area contributed by atoms with Gasteiger partial charge in [-0.2, -0.15) is 0 Å². The quantitative estimate of drug-likeness (QED) is 0.943. The van der Waals surface area contributed by atoms with Crippen molar-refractivity contribution in [3.8, 4) is 5.75 Å². The Kier molecular flexibility index (Phi) is 3.94. The Balaban J connectivity index is 1.74. The van der Waals surface area contributed by atoms with Crippen molar-refractivity contribution in [3.05, 3.63) is 63.1 Å². The predicted octanol–water partition coefficient (Wildman–Crippen LogP) is 2.07. The number of aromatic nitrogens is 1. The second-order valence-electron chi connectivity index (χ2n) is 6.08. The zero-order chi connectivity index (χ0) is 16.6. The number of hydrogen-bond donors (Lipinski definition) is 1. The molecule has 1 aromatic carbocycles. The number of likely N-dealkylation sites (N-methyl/N-ethyl adjacent to an activating group) is 1. The van der Waals surface area contributed by atoms with Gasteiger partial charge in [0.15, 0.2) is 0 Å². The largest absolute Gasteiger partial charge is 0.488 e. The molecule has 0 fully saturated rings. The van der Waals surface area contributed by atoms with Crippen molar-refractivity contribution in [3.63, 3.8) is 0 Å². The van der Waals surface area contributed by atoms with Crippen LogP contribution in [0.25, 0.3) is 0 Å². The number of carbonyl (C=O) groups excluding carboxylic acids is 1. The fourth-order valence-electron chi connectivity index (χ4n) is 3.05. The van der Waals surface area contributed by atoms with E-state index in [1.807, 2.05) is 30.3 Å². The van der Waals surface area contributed by atoms with Crippen LogP contribution in [0.2, 0.25) is 0 Å². The smallest absolute Gasteiger partial charge is 0.261 e. The molecule has 0 bridgehead atoms. The van der Waals surface area contributed by atoms with Crippen LogP contribution in [-0.2, 0) is 6.42 Å². The van der Waals surface area contributed by atoms with Gasteiger partial charge < -0.3 is 14.6 Å². The van der Waals surface area contributed by atoms with Crippen LogP contribution in [0.1, 0.15) is 27.2 Å². The normalized spacial score (nSPS) is 15.9. The summed E-state index contributed by atoms with van der Waals surface area (Å²) < 4.78 is 5.86. The second kappa shape index (κ2) is 5.91. The van der Waals surface area contributed by atoms with Gasteiger partial charge in [-0.3, -0.25) is 9.59 Å². The first-order chi connectivity index (χ1) is 11.0. The number of fused-ring (bicyclic) bond motifs is 1. The number of ether oxygens (including phenoxy) is 1. The van der Waals surface area contributed by atoms with E-state index < -0.39 is 0 Å². The van der Waals surface area contributed by atoms with Gasteiger partial charge in [-0.05, 0) is 37.1 Å². The first-order valence-corrected chi connectivity index (χ1v) is 7.66. The van der Waals surface area contributed by atoms with Crippen LogP contribution in [0.3, 0.4) is 0 Å². The van der Waals surface area contributed by atoms with E-state index in [0.717, 1.165) is 23.4 Å². The molecule has 23 heavy (non-hydrogen) atoms. The van der Waals surface area contributed by atoms with E-state index in [1.54, 1.807) is 25.8 Å². The lowest BCUT2D eigenvalue weighted by atomic mass is 10.1. The first kappa shape index (κ1) is 15.3. The maximum Gasteiger partial charge on any atom is 0.261 e. The molecule has 5 nitrogen and oxygen atoms in total. The average Bonchev–Trinajstić information content (AvgIpc) is 2.88. The standard InChI is InChI=1S/C18H20N2O3/c1-11-8-12(2)19-17(21)16(11)18(22)20(3)10-14-9-13-6-4-5-7-15(13)23-14/h4-8,14H,9-10H2,1-3H3,(H,19,21)/t14-/m1/s1. The first-order valence-electron chi connectivity index (χ1n) is 7.66. The molecule has 0 aliphatic carbocycles. The maximum atomic E-state index is 12.6. The molecule has 0 spiro atoms. The van der Waals surface area contributed by atoms with Crippen molar-refractivity contribution in [2.45, 2.75) is 26.4 Å². The highest BCUT2D eigenvalue weighted by molar-refractivity contribution is 5.95. The zero-order valence-electron chi connectivity index (χ0n) is 13.6. The zero-order valence-corrected chi connectivity index (χ0v) is 13.6. The molecule has 3 rings (SSSR count). The summed E-state index contributed by atoms with van der Waals surface area (Å²) in [4.78, 5) is 28.9. The second-order valence-corrected chi connectivity index (χ2v) is 6.08. The van der Waals surface area contributed by atoms with E-state index >= 15 is 0 Å². The molecule has 2 aromatic rings. The molecular weight excluding hydrogens is 292 g/mol. The number of nitrogens with one attached hydrogen (secondary N) is 1. The molecule has 1 aromatic heterocycles. The van der Waals surface area contributed by atoms with Gasteiger partial charge in [0.1, 0.15) is 17.4 Å². The van der Waals surface area contributed by atoms with Crippen molar-refractivity contribution in [1.82, 2.24) is 9.88 Å². The summed E-state index contributed by atoms with van der Waals surface area (Å²) in [6, 6.07) is 9.70. The van der Waals surface area contributed by atoms with Crippen LogP contribution >= 0.6 is 0 Å². The summed E-state index contributed by atoms with van der Waals surface area (Å²) in [5, 5.41) is 0. The summed E-state index contributed by atoms with van der Waals surface area (Å²) >= 11 is 0. The van der Waals surface area contributed by atoms with Gasteiger partial charge in [0, 0.05) is 19.2 Å². The molecule has 1 aliphatic rings. The Morgan fingerprint density at radius 3 is 2.78 bits per heavy atom. The number of pyridine rings is 1. The van der Waals surface area contributed by atoms with Gasteiger partial charge >= 0.3 is 0 Å². The SMILES string of the molecule is Cc1cc(C)c(C(=O)N(C)C[C@H]2Cc3ccccc3O2)c(=O)[nH]1. The molecule has 1 atom stereocenters. The van der Waals surface area contributed by atoms with Crippen LogP contribution < -0.4 is 10.3 Å². The lowest BCUT2D eigenvalue weighted by molar-refractivity contribution is 0.0728.